The number of aryl methyl sites for hydroxylation is 3. The van der Waals surface area contributed by atoms with Crippen molar-refractivity contribution < 1.29 is 26.7 Å². The van der Waals surface area contributed by atoms with E-state index in [1.54, 1.807) is 6.07 Å². The van der Waals surface area contributed by atoms with E-state index in [0.29, 0.717) is 29.4 Å². The predicted octanol–water partition coefficient (Wildman–Crippen LogP) is 9.16. The Kier molecular flexibility index (Phi) is 8.88. The Hall–Kier alpha value is -2.89. The molecular formula is C31H33F5O. The lowest BCUT2D eigenvalue weighted by molar-refractivity contribution is -0.153. The van der Waals surface area contributed by atoms with Gasteiger partial charge in [0.2, 0.25) is 0 Å². The quantitative estimate of drug-likeness (QED) is 0.193. The monoisotopic (exact) mass is 516 g/mol. The van der Waals surface area contributed by atoms with Gasteiger partial charge in [0.25, 0.3) is 0 Å². The molecule has 198 valence electrons. The van der Waals surface area contributed by atoms with Crippen LogP contribution in [0.3, 0.4) is 0 Å². The van der Waals surface area contributed by atoms with E-state index in [1.807, 2.05) is 24.3 Å². The number of halogens is 5. The van der Waals surface area contributed by atoms with E-state index < -0.39 is 24.3 Å². The van der Waals surface area contributed by atoms with Crippen molar-refractivity contribution in [2.45, 2.75) is 64.0 Å². The molecule has 3 aromatic carbocycles. The Labute approximate surface area is 215 Å². The predicted molar refractivity (Wildman–Crippen MR) is 138 cm³/mol. The van der Waals surface area contributed by atoms with Crippen molar-refractivity contribution in [1.82, 2.24) is 0 Å². The summed E-state index contributed by atoms with van der Waals surface area (Å²) in [6.45, 7) is 2.30. The normalized spacial score (nSPS) is 18.2. The van der Waals surface area contributed by atoms with Crippen molar-refractivity contribution in [2.24, 2.45) is 11.8 Å². The first kappa shape index (κ1) is 27.2. The lowest BCUT2D eigenvalue weighted by Gasteiger charge is -2.27. The van der Waals surface area contributed by atoms with Gasteiger partial charge in [-0.3, -0.25) is 0 Å². The molecule has 0 unspecified atom stereocenters. The van der Waals surface area contributed by atoms with Crippen LogP contribution >= 0.6 is 0 Å². The second kappa shape index (κ2) is 12.1. The molecule has 37 heavy (non-hydrogen) atoms. The van der Waals surface area contributed by atoms with Gasteiger partial charge in [0.1, 0.15) is 5.82 Å². The minimum Gasteiger partial charge on any atom is -0.481 e. The van der Waals surface area contributed by atoms with E-state index in [0.717, 1.165) is 42.6 Å². The molecule has 0 bridgehead atoms. The first-order chi connectivity index (χ1) is 17.7. The highest BCUT2D eigenvalue weighted by atomic mass is 19.4. The van der Waals surface area contributed by atoms with Gasteiger partial charge in [0.15, 0.2) is 18.2 Å². The lowest BCUT2D eigenvalue weighted by atomic mass is 9.78. The van der Waals surface area contributed by atoms with E-state index in [9.17, 15) is 17.6 Å². The molecular weight excluding hydrogens is 483 g/mol. The highest BCUT2D eigenvalue weighted by Gasteiger charge is 2.29. The molecule has 0 radical (unpaired) electrons. The van der Waals surface area contributed by atoms with Crippen LogP contribution in [0.15, 0.2) is 61.2 Å². The third-order valence-electron chi connectivity index (χ3n) is 7.48. The summed E-state index contributed by atoms with van der Waals surface area (Å²) in [4.78, 5) is 0. The van der Waals surface area contributed by atoms with Gasteiger partial charge in [0, 0.05) is 5.39 Å². The molecule has 0 aromatic heterocycles. The molecule has 0 atom stereocenters. The molecule has 1 fully saturated rings. The summed E-state index contributed by atoms with van der Waals surface area (Å²) in [6, 6.07) is 13.4. The van der Waals surface area contributed by atoms with Crippen LogP contribution in [-0.2, 0) is 19.3 Å². The van der Waals surface area contributed by atoms with Crippen LogP contribution in [-0.4, -0.2) is 12.8 Å². The Balaban J connectivity index is 1.34. The molecule has 0 saturated heterocycles. The van der Waals surface area contributed by atoms with Gasteiger partial charge >= 0.3 is 6.18 Å². The zero-order valence-corrected chi connectivity index (χ0v) is 20.9. The van der Waals surface area contributed by atoms with Crippen LogP contribution in [0.1, 0.15) is 55.2 Å². The van der Waals surface area contributed by atoms with Crippen LogP contribution in [0, 0.1) is 23.5 Å². The second-order valence-electron chi connectivity index (χ2n) is 10.2. The molecule has 1 aliphatic rings. The van der Waals surface area contributed by atoms with Crippen molar-refractivity contribution in [3.63, 3.8) is 0 Å². The largest absolute Gasteiger partial charge is 0.481 e. The molecule has 0 N–H and O–H groups in total. The fourth-order valence-corrected chi connectivity index (χ4v) is 5.35. The van der Waals surface area contributed by atoms with Crippen molar-refractivity contribution >= 4 is 10.8 Å². The van der Waals surface area contributed by atoms with Gasteiger partial charge < -0.3 is 4.74 Å². The number of fused-ring (bicyclic) bond motifs is 1. The number of ether oxygens (including phenoxy) is 1. The number of rotatable bonds is 10. The second-order valence-corrected chi connectivity index (χ2v) is 10.2. The smallest absolute Gasteiger partial charge is 0.422 e. The van der Waals surface area contributed by atoms with E-state index >= 15 is 4.39 Å². The van der Waals surface area contributed by atoms with Crippen LogP contribution in [0.25, 0.3) is 10.8 Å². The van der Waals surface area contributed by atoms with Gasteiger partial charge in [-0.25, -0.2) is 8.78 Å². The summed E-state index contributed by atoms with van der Waals surface area (Å²) in [5.41, 5.74) is 2.30. The first-order valence-corrected chi connectivity index (χ1v) is 13.0. The molecule has 1 aliphatic carbocycles. The summed E-state index contributed by atoms with van der Waals surface area (Å²) in [5.74, 6) is -0.0457. The molecule has 6 heteroatoms. The van der Waals surface area contributed by atoms with E-state index in [2.05, 4.69) is 17.4 Å². The van der Waals surface area contributed by atoms with Crippen LogP contribution < -0.4 is 4.74 Å². The molecule has 0 aliphatic heterocycles. The van der Waals surface area contributed by atoms with Crippen LogP contribution in [0.2, 0.25) is 0 Å². The average Bonchev–Trinajstić information content (AvgIpc) is 2.87. The maximum atomic E-state index is 15.2. The van der Waals surface area contributed by atoms with E-state index in [4.69, 9.17) is 0 Å². The SMILES string of the molecule is C=CCC1CCC(CCc2ccc3c(F)c(CCc4ccc(OCC(F)(F)F)c(F)c4)ccc3c2)CC1. The van der Waals surface area contributed by atoms with Crippen LogP contribution in [0.4, 0.5) is 22.0 Å². The van der Waals surface area contributed by atoms with Crippen molar-refractivity contribution in [2.75, 3.05) is 6.61 Å². The minimum absolute atomic E-state index is 0.282. The minimum atomic E-state index is -4.54. The zero-order valence-electron chi connectivity index (χ0n) is 20.9. The summed E-state index contributed by atoms with van der Waals surface area (Å²) in [6.07, 6.45) is 6.58. The van der Waals surface area contributed by atoms with Crippen molar-refractivity contribution in [1.29, 1.82) is 0 Å². The van der Waals surface area contributed by atoms with Gasteiger partial charge in [-0.05, 0) is 91.0 Å². The van der Waals surface area contributed by atoms with E-state index in [1.165, 1.54) is 43.4 Å². The summed E-state index contributed by atoms with van der Waals surface area (Å²) in [7, 11) is 0. The standard InChI is InChI=1S/C31H33F5O/c1-2-3-21-4-6-22(7-5-21)8-9-23-11-16-27-26(18-23)15-14-25(30(27)33)13-10-24-12-17-29(28(32)19-24)37-20-31(34,35)36/h2,11-12,14-19,21-22H,1,3-10,13,20H2. The van der Waals surface area contributed by atoms with Gasteiger partial charge in [0.05, 0.1) is 0 Å². The average molecular weight is 517 g/mol. The van der Waals surface area contributed by atoms with Gasteiger partial charge in [-0.2, -0.15) is 13.2 Å². The highest BCUT2D eigenvalue weighted by Crippen LogP contribution is 2.34. The number of hydrogen-bond donors (Lipinski definition) is 0. The lowest BCUT2D eigenvalue weighted by Crippen LogP contribution is -2.19. The molecule has 4 rings (SSSR count). The maximum Gasteiger partial charge on any atom is 0.422 e. The fourth-order valence-electron chi connectivity index (χ4n) is 5.35. The summed E-state index contributed by atoms with van der Waals surface area (Å²) in [5, 5.41) is 1.43. The number of alkyl halides is 3. The van der Waals surface area contributed by atoms with E-state index in [-0.39, 0.29) is 5.82 Å². The van der Waals surface area contributed by atoms with Crippen molar-refractivity contribution in [3.05, 3.63) is 89.5 Å². The highest BCUT2D eigenvalue weighted by molar-refractivity contribution is 5.84. The third-order valence-corrected chi connectivity index (χ3v) is 7.48. The molecule has 0 amide bonds. The van der Waals surface area contributed by atoms with Crippen molar-refractivity contribution in [3.8, 4) is 5.75 Å². The number of benzene rings is 3. The van der Waals surface area contributed by atoms with Crippen LogP contribution in [0.5, 0.6) is 5.75 Å². The first-order valence-electron chi connectivity index (χ1n) is 13.0. The molecule has 0 spiro atoms. The molecule has 1 nitrogen and oxygen atoms in total. The van der Waals surface area contributed by atoms with Gasteiger partial charge in [-0.15, -0.1) is 6.58 Å². The Bertz CT molecular complexity index is 1210. The Morgan fingerprint density at radius 2 is 1.54 bits per heavy atom. The molecule has 1 saturated carbocycles. The topological polar surface area (TPSA) is 9.23 Å². The maximum absolute atomic E-state index is 15.2. The molecule has 3 aromatic rings. The fraction of sp³-hybridized carbons (Fsp3) is 0.419. The summed E-state index contributed by atoms with van der Waals surface area (Å²) < 4.78 is 70.7. The molecule has 0 heterocycles. The Morgan fingerprint density at radius 1 is 0.838 bits per heavy atom. The number of allylic oxidation sites excluding steroid dienone is 1. The third kappa shape index (κ3) is 7.56. The Morgan fingerprint density at radius 3 is 2.24 bits per heavy atom. The number of hydrogen-bond acceptors (Lipinski definition) is 1. The zero-order chi connectivity index (χ0) is 26.4. The van der Waals surface area contributed by atoms with Gasteiger partial charge in [-0.1, -0.05) is 55.3 Å². The summed E-state index contributed by atoms with van der Waals surface area (Å²) >= 11 is 0.